The van der Waals surface area contributed by atoms with E-state index in [1.807, 2.05) is 6.07 Å². The average molecular weight is 723 g/mol. The molecule has 3 amide bonds. The van der Waals surface area contributed by atoms with Crippen molar-refractivity contribution in [2.45, 2.75) is 32.2 Å². The lowest BCUT2D eigenvalue weighted by atomic mass is 9.92. The normalized spacial score (nSPS) is 16.1. The molecule has 264 valence electrons. The van der Waals surface area contributed by atoms with E-state index in [0.717, 1.165) is 18.2 Å². The van der Waals surface area contributed by atoms with Crippen molar-refractivity contribution in [3.8, 4) is 6.07 Å². The number of carbonyl (C=O) groups excluding carboxylic acids is 3. The minimum atomic E-state index is -4.91. The first-order chi connectivity index (χ1) is 23.3. The lowest BCUT2D eigenvalue weighted by molar-refractivity contribution is -0.139. The van der Waals surface area contributed by atoms with E-state index in [1.54, 1.807) is 4.72 Å². The number of rotatable bonds is 11. The Bertz CT molecular complexity index is 1940. The molecule has 10 nitrogen and oxygen atoms in total. The summed E-state index contributed by atoms with van der Waals surface area (Å²) in [6.07, 6.45) is -6.76. The smallest absolute Gasteiger partial charge is 0.416 e. The third-order valence-electron chi connectivity index (χ3n) is 7.11. The fraction of sp³-hybridized carbons (Fsp3) is 0.212. The highest BCUT2D eigenvalue weighted by Gasteiger charge is 2.44. The van der Waals surface area contributed by atoms with Crippen LogP contribution in [0.2, 0.25) is 0 Å². The summed E-state index contributed by atoms with van der Waals surface area (Å²) in [5.41, 5.74) is -2.98. The summed E-state index contributed by atoms with van der Waals surface area (Å²) in [6, 6.07) is 7.98. The van der Waals surface area contributed by atoms with E-state index >= 15 is 0 Å². The first kappa shape index (κ1) is 38.8. The highest BCUT2D eigenvalue weighted by atomic mass is 32.2. The number of benzene rings is 2. The van der Waals surface area contributed by atoms with Crippen LogP contribution in [0.15, 0.2) is 108 Å². The zero-order valence-corrected chi connectivity index (χ0v) is 27.1. The number of sulfonamides is 1. The van der Waals surface area contributed by atoms with Gasteiger partial charge < -0.3 is 9.64 Å². The zero-order valence-electron chi connectivity index (χ0n) is 26.3. The summed E-state index contributed by atoms with van der Waals surface area (Å²) in [4.78, 5) is 41.6. The molecule has 2 aromatic carbocycles. The number of hydrogen-bond donors (Lipinski definition) is 1. The molecule has 0 aromatic heterocycles. The summed E-state index contributed by atoms with van der Waals surface area (Å²) >= 11 is 0. The van der Waals surface area contributed by atoms with E-state index in [-0.39, 0.29) is 34.7 Å². The van der Waals surface area contributed by atoms with Crippen LogP contribution in [0.4, 0.5) is 36.8 Å². The number of anilines is 1. The molecule has 0 fully saturated rings. The van der Waals surface area contributed by atoms with Crippen molar-refractivity contribution in [3.05, 3.63) is 124 Å². The van der Waals surface area contributed by atoms with Crippen LogP contribution < -0.4 is 9.62 Å². The van der Waals surface area contributed by atoms with Crippen LogP contribution in [0.25, 0.3) is 0 Å². The van der Waals surface area contributed by atoms with E-state index < -0.39 is 68.9 Å². The fourth-order valence-corrected chi connectivity index (χ4v) is 5.61. The van der Waals surface area contributed by atoms with Crippen LogP contribution in [-0.4, -0.2) is 50.6 Å². The predicted octanol–water partition coefficient (Wildman–Crippen LogP) is 6.59. The number of carbonyl (C=O) groups is 3. The predicted molar refractivity (Wildman–Crippen MR) is 169 cm³/mol. The molecule has 1 atom stereocenters. The summed E-state index contributed by atoms with van der Waals surface area (Å²) in [7, 11) is -4.91. The van der Waals surface area contributed by atoms with Crippen molar-refractivity contribution in [3.63, 3.8) is 0 Å². The number of hydrogen-bond acceptors (Lipinski definition) is 7. The Hall–Kier alpha value is -5.63. The van der Waals surface area contributed by atoms with E-state index in [4.69, 9.17) is 4.74 Å². The monoisotopic (exact) mass is 722 g/mol. The number of nitriles is 1. The van der Waals surface area contributed by atoms with E-state index in [2.05, 4.69) is 13.2 Å². The Balaban J connectivity index is 2.22. The molecule has 0 radical (unpaired) electrons. The molecule has 3 rings (SSSR count). The quantitative estimate of drug-likeness (QED) is 0.120. The molecular formula is C33H28F6N4O6S. The van der Waals surface area contributed by atoms with Crippen molar-refractivity contribution in [1.82, 2.24) is 9.62 Å². The minimum absolute atomic E-state index is 0.112. The first-order valence-electron chi connectivity index (χ1n) is 14.2. The summed E-state index contributed by atoms with van der Waals surface area (Å²) in [5.74, 6) is -2.51. The Morgan fingerprint density at radius 3 is 2.24 bits per heavy atom. The highest BCUT2D eigenvalue weighted by Crippen LogP contribution is 2.41. The van der Waals surface area contributed by atoms with Gasteiger partial charge in [0.05, 0.1) is 39.4 Å². The molecular weight excluding hydrogens is 694 g/mol. The van der Waals surface area contributed by atoms with Crippen molar-refractivity contribution < 1.29 is 53.9 Å². The van der Waals surface area contributed by atoms with Crippen LogP contribution >= 0.6 is 0 Å². The van der Waals surface area contributed by atoms with E-state index in [0.29, 0.717) is 41.0 Å². The summed E-state index contributed by atoms with van der Waals surface area (Å²) in [5, 5.41) is 9.28. The third kappa shape index (κ3) is 8.88. The number of halogens is 6. The maximum atomic E-state index is 14.2. The van der Waals surface area contributed by atoms with Crippen LogP contribution in [-0.2, 0) is 30.5 Å². The van der Waals surface area contributed by atoms with Gasteiger partial charge in [0.15, 0.2) is 0 Å². The molecule has 2 aromatic rings. The Kier molecular flexibility index (Phi) is 11.9. The second kappa shape index (κ2) is 15.3. The van der Waals surface area contributed by atoms with Crippen LogP contribution in [0.3, 0.4) is 0 Å². The molecule has 0 aliphatic carbocycles. The standard InChI is InChI=1S/C33H28F6N4O6S/c1-5-16-49-30(45)28-21(4)43(25-9-7-8-24(17-25)33(37,38)39)31(46)42(29(28)23-13-11-22(18-40)12-14-23)19-27(44)41-50(47,48)26(6-2)15-10-20(3)32(34,35)36/h5-15,17,29H,1-2,16,19H2,3-4H3,(H,41,44)/b20-10+,26-15+. The van der Waals surface area contributed by atoms with Gasteiger partial charge in [-0.1, -0.05) is 43.5 Å². The highest BCUT2D eigenvalue weighted by molar-refractivity contribution is 7.94. The van der Waals surface area contributed by atoms with Crippen molar-refractivity contribution in [2.24, 2.45) is 0 Å². The lowest BCUT2D eigenvalue weighted by Gasteiger charge is -2.42. The number of ether oxygens (including phenoxy) is 1. The SMILES string of the molecule is C=CCOC(=O)C1=C(C)N(c2cccc(C(F)(F)F)c2)C(=O)N(CC(=O)NS(=O)(=O)/C(C=C)=C/C=C(\C)C(F)(F)F)C1c1ccc(C#N)cc1. The number of nitrogens with zero attached hydrogens (tertiary/aromatic N) is 3. The molecule has 1 heterocycles. The van der Waals surface area contributed by atoms with Crippen molar-refractivity contribution >= 4 is 33.6 Å². The molecule has 0 bridgehead atoms. The molecule has 0 saturated heterocycles. The number of allylic oxidation sites excluding steroid dienone is 5. The maximum absolute atomic E-state index is 14.2. The van der Waals surface area contributed by atoms with E-state index in [1.165, 1.54) is 37.3 Å². The topological polar surface area (TPSA) is 137 Å². The van der Waals surface area contributed by atoms with Gasteiger partial charge in [0.25, 0.3) is 15.9 Å². The lowest BCUT2D eigenvalue weighted by Crippen LogP contribution is -2.54. The molecule has 17 heteroatoms. The number of alkyl halides is 6. The van der Waals surface area contributed by atoms with Crippen LogP contribution in [0.1, 0.15) is 36.6 Å². The molecule has 0 saturated carbocycles. The molecule has 0 spiro atoms. The largest absolute Gasteiger partial charge is 0.458 e. The molecule has 1 unspecified atom stereocenters. The first-order valence-corrected chi connectivity index (χ1v) is 15.7. The Labute approximate surface area is 283 Å². The van der Waals surface area contributed by atoms with Crippen molar-refractivity contribution in [2.75, 3.05) is 18.1 Å². The van der Waals surface area contributed by atoms with Gasteiger partial charge in [-0.15, -0.1) is 0 Å². The van der Waals surface area contributed by atoms with E-state index in [9.17, 15) is 54.4 Å². The van der Waals surface area contributed by atoms with Gasteiger partial charge >= 0.3 is 24.4 Å². The van der Waals surface area contributed by atoms with Gasteiger partial charge in [0, 0.05) is 11.3 Å². The average Bonchev–Trinajstić information content (AvgIpc) is 3.04. The number of esters is 1. The van der Waals surface area contributed by atoms with Gasteiger partial charge in [0.1, 0.15) is 13.2 Å². The molecule has 1 aliphatic heterocycles. The van der Waals surface area contributed by atoms with Gasteiger partial charge in [-0.25, -0.2) is 22.7 Å². The van der Waals surface area contributed by atoms with Crippen molar-refractivity contribution in [1.29, 1.82) is 5.26 Å². The maximum Gasteiger partial charge on any atom is 0.416 e. The second-order valence-electron chi connectivity index (χ2n) is 10.5. The molecule has 50 heavy (non-hydrogen) atoms. The van der Waals surface area contributed by atoms with Crippen LogP contribution in [0.5, 0.6) is 0 Å². The van der Waals surface area contributed by atoms with Gasteiger partial charge in [0.2, 0.25) is 0 Å². The zero-order chi connectivity index (χ0) is 37.6. The van der Waals surface area contributed by atoms with Gasteiger partial charge in [-0.3, -0.25) is 9.69 Å². The second-order valence-corrected chi connectivity index (χ2v) is 12.1. The van der Waals surface area contributed by atoms with Crippen LogP contribution in [0, 0.1) is 11.3 Å². The Morgan fingerprint density at radius 2 is 1.70 bits per heavy atom. The summed E-state index contributed by atoms with van der Waals surface area (Å²) < 4.78 is 113. The van der Waals surface area contributed by atoms with Gasteiger partial charge in [-0.05, 0) is 61.9 Å². The number of nitrogens with one attached hydrogen (secondary N) is 1. The number of amides is 3. The van der Waals surface area contributed by atoms with Gasteiger partial charge in [-0.2, -0.15) is 31.6 Å². The third-order valence-corrected chi connectivity index (χ3v) is 8.52. The fourth-order valence-electron chi connectivity index (χ4n) is 4.66. The molecule has 1 N–H and O–H groups in total. The Morgan fingerprint density at radius 1 is 1.06 bits per heavy atom. The number of urea groups is 1. The summed E-state index contributed by atoms with van der Waals surface area (Å²) in [6.45, 7) is 7.13. The molecule has 1 aliphatic rings. The minimum Gasteiger partial charge on any atom is -0.458 e.